The number of nitrogens with one attached hydrogen (secondary N) is 1. The number of non-ortho nitro benzene ring substituents is 1. The van der Waals surface area contributed by atoms with E-state index in [9.17, 15) is 28.1 Å². The van der Waals surface area contributed by atoms with Crippen LogP contribution in [-0.4, -0.2) is 60.5 Å². The molecule has 3 aromatic rings. The molecular weight excluding hydrogens is 528 g/mol. The van der Waals surface area contributed by atoms with Crippen molar-refractivity contribution < 1.29 is 22.9 Å². The summed E-state index contributed by atoms with van der Waals surface area (Å²) in [5.41, 5.74) is 0.646. The molecule has 0 saturated carbocycles. The number of nitro groups is 1. The lowest BCUT2D eigenvalue weighted by molar-refractivity contribution is -0.384. The molecule has 4 rings (SSSR count). The van der Waals surface area contributed by atoms with E-state index in [1.807, 2.05) is 0 Å². The van der Waals surface area contributed by atoms with Gasteiger partial charge in [-0.25, -0.2) is 8.42 Å². The molecule has 2 amide bonds. The Morgan fingerprint density at radius 1 is 0.944 bits per heavy atom. The second kappa shape index (κ2) is 10.7. The van der Waals surface area contributed by atoms with Crippen LogP contribution in [0.25, 0.3) is 0 Å². The fourth-order valence-electron chi connectivity index (χ4n) is 3.63. The van der Waals surface area contributed by atoms with Crippen molar-refractivity contribution in [1.29, 1.82) is 0 Å². The third-order valence-electron chi connectivity index (χ3n) is 5.61. The van der Waals surface area contributed by atoms with Gasteiger partial charge in [0.05, 0.1) is 11.5 Å². The van der Waals surface area contributed by atoms with E-state index in [4.69, 9.17) is 11.6 Å². The topological polar surface area (TPSA) is 130 Å². The van der Waals surface area contributed by atoms with Crippen molar-refractivity contribution in [3.8, 4) is 0 Å². The van der Waals surface area contributed by atoms with Crippen molar-refractivity contribution in [2.24, 2.45) is 0 Å². The van der Waals surface area contributed by atoms with Crippen LogP contribution in [0.3, 0.4) is 0 Å². The third kappa shape index (κ3) is 5.73. The molecule has 0 spiro atoms. The number of thiophene rings is 1. The highest BCUT2D eigenvalue weighted by atomic mass is 35.5. The summed E-state index contributed by atoms with van der Waals surface area (Å²) >= 11 is 6.91. The molecule has 10 nitrogen and oxygen atoms in total. The minimum Gasteiger partial charge on any atom is -0.347 e. The molecule has 1 aliphatic rings. The molecule has 1 fully saturated rings. The highest BCUT2D eigenvalue weighted by Crippen LogP contribution is 2.26. The summed E-state index contributed by atoms with van der Waals surface area (Å²) in [6, 6.07) is 14.9. The van der Waals surface area contributed by atoms with Crippen molar-refractivity contribution in [3.63, 3.8) is 0 Å². The quantitative estimate of drug-likeness (QED) is 0.356. The van der Waals surface area contributed by atoms with Gasteiger partial charge >= 0.3 is 0 Å². The number of hydrogen-bond acceptors (Lipinski definition) is 7. The van der Waals surface area contributed by atoms with Crippen LogP contribution in [0.4, 0.5) is 5.69 Å². The summed E-state index contributed by atoms with van der Waals surface area (Å²) in [5, 5.41) is 14.1. The van der Waals surface area contributed by atoms with Crippen LogP contribution in [0, 0.1) is 10.1 Å². The fourth-order valence-corrected chi connectivity index (χ4v) is 6.63. The first-order chi connectivity index (χ1) is 17.1. The largest absolute Gasteiger partial charge is 0.347 e. The Hall–Kier alpha value is -3.32. The Labute approximate surface area is 216 Å². The molecule has 13 heteroatoms. The van der Waals surface area contributed by atoms with Crippen LogP contribution < -0.4 is 5.32 Å². The van der Waals surface area contributed by atoms with Crippen LogP contribution in [0.2, 0.25) is 5.02 Å². The third-order valence-corrected chi connectivity index (χ3v) is 9.31. The Morgan fingerprint density at radius 2 is 1.56 bits per heavy atom. The van der Waals surface area contributed by atoms with Gasteiger partial charge in [-0.3, -0.25) is 19.7 Å². The number of nitrogens with zero attached hydrogens (tertiary/aromatic N) is 3. The number of benzene rings is 2. The predicted molar refractivity (Wildman–Crippen MR) is 135 cm³/mol. The Balaban J connectivity index is 1.33. The monoisotopic (exact) mass is 548 g/mol. The number of nitro benzene ring substituents is 1. The summed E-state index contributed by atoms with van der Waals surface area (Å²) in [4.78, 5) is 37.4. The first-order valence-electron chi connectivity index (χ1n) is 10.8. The molecule has 0 bridgehead atoms. The van der Waals surface area contributed by atoms with E-state index in [0.29, 0.717) is 21.0 Å². The zero-order valence-corrected chi connectivity index (χ0v) is 21.2. The van der Waals surface area contributed by atoms with E-state index < -0.39 is 14.9 Å². The molecule has 1 N–H and O–H groups in total. The fraction of sp³-hybridized carbons (Fsp3) is 0.217. The average molecular weight is 549 g/mol. The molecule has 0 unspecified atom stereocenters. The molecule has 1 saturated heterocycles. The molecule has 1 aliphatic heterocycles. The highest BCUT2D eigenvalue weighted by Gasteiger charge is 2.31. The first kappa shape index (κ1) is 25.8. The zero-order valence-electron chi connectivity index (χ0n) is 18.8. The second-order valence-corrected chi connectivity index (χ2v) is 11.7. The minimum absolute atomic E-state index is 0.109. The van der Waals surface area contributed by atoms with Gasteiger partial charge in [0.2, 0.25) is 0 Å². The van der Waals surface area contributed by atoms with Crippen LogP contribution in [0.5, 0.6) is 0 Å². The summed E-state index contributed by atoms with van der Waals surface area (Å²) in [5.74, 6) is -0.602. The van der Waals surface area contributed by atoms with Gasteiger partial charge in [0, 0.05) is 59.3 Å². The van der Waals surface area contributed by atoms with Crippen LogP contribution in [0.1, 0.15) is 25.6 Å². The molecule has 1 aromatic heterocycles. The molecular formula is C23H21ClN4O6S2. The maximum atomic E-state index is 13.1. The maximum Gasteiger partial charge on any atom is 0.269 e. The van der Waals surface area contributed by atoms with Gasteiger partial charge in [-0.1, -0.05) is 11.6 Å². The average Bonchev–Trinajstić information content (AvgIpc) is 3.37. The van der Waals surface area contributed by atoms with Crippen LogP contribution in [0.15, 0.2) is 64.9 Å². The molecule has 0 radical (unpaired) electrons. The summed E-state index contributed by atoms with van der Waals surface area (Å²) < 4.78 is 27.7. The first-order valence-corrected chi connectivity index (χ1v) is 13.4. The van der Waals surface area contributed by atoms with Crippen LogP contribution in [-0.2, 0) is 16.6 Å². The molecule has 2 heterocycles. The predicted octanol–water partition coefficient (Wildman–Crippen LogP) is 3.39. The summed E-state index contributed by atoms with van der Waals surface area (Å²) in [7, 11) is -3.75. The molecule has 36 heavy (non-hydrogen) atoms. The van der Waals surface area contributed by atoms with Crippen molar-refractivity contribution in [1.82, 2.24) is 14.5 Å². The summed E-state index contributed by atoms with van der Waals surface area (Å²) in [6.45, 7) is 0.831. The van der Waals surface area contributed by atoms with Gasteiger partial charge in [-0.05, 0) is 48.5 Å². The smallest absolute Gasteiger partial charge is 0.269 e. The van der Waals surface area contributed by atoms with Crippen molar-refractivity contribution in [3.05, 3.63) is 91.8 Å². The molecule has 188 valence electrons. The van der Waals surface area contributed by atoms with Crippen molar-refractivity contribution in [2.45, 2.75) is 10.8 Å². The Morgan fingerprint density at radius 3 is 2.17 bits per heavy atom. The molecule has 0 atom stereocenters. The number of rotatable bonds is 7. The lowest BCUT2D eigenvalue weighted by Gasteiger charge is -2.33. The highest BCUT2D eigenvalue weighted by molar-refractivity contribution is 7.91. The number of hydrogen-bond donors (Lipinski definition) is 1. The standard InChI is InChI=1S/C23H21ClN4O6S2/c24-18-5-1-16(2-6-18)22(29)25-15-20-9-10-21(35-20)36(33,34)27-13-11-26(12-14-27)23(30)17-3-7-19(8-4-17)28(31)32/h1-10H,11-15H2,(H,25,29). The summed E-state index contributed by atoms with van der Waals surface area (Å²) in [6.07, 6.45) is 0. The lowest BCUT2D eigenvalue weighted by atomic mass is 10.1. The van der Waals surface area contributed by atoms with Gasteiger partial charge in [0.15, 0.2) is 0 Å². The van der Waals surface area contributed by atoms with Gasteiger partial charge in [0.25, 0.3) is 27.5 Å². The minimum atomic E-state index is -3.75. The number of sulfonamides is 1. The van der Waals surface area contributed by atoms with E-state index in [0.717, 1.165) is 11.3 Å². The Bertz CT molecular complexity index is 1380. The van der Waals surface area contributed by atoms with Crippen LogP contribution >= 0.6 is 22.9 Å². The zero-order chi connectivity index (χ0) is 25.9. The van der Waals surface area contributed by atoms with E-state index >= 15 is 0 Å². The number of carbonyl (C=O) groups is 2. The van der Waals surface area contributed by atoms with E-state index in [1.54, 1.807) is 30.3 Å². The van der Waals surface area contributed by atoms with Crippen molar-refractivity contribution in [2.75, 3.05) is 26.2 Å². The Kier molecular flexibility index (Phi) is 7.69. The van der Waals surface area contributed by atoms with Gasteiger partial charge in [0.1, 0.15) is 4.21 Å². The second-order valence-electron chi connectivity index (χ2n) is 7.91. The van der Waals surface area contributed by atoms with E-state index in [2.05, 4.69) is 5.32 Å². The molecule has 2 aromatic carbocycles. The SMILES string of the molecule is O=C(NCc1ccc(S(=O)(=O)N2CCN(C(=O)c3ccc([N+](=O)[O-])cc3)CC2)s1)c1ccc(Cl)cc1. The number of amides is 2. The van der Waals surface area contributed by atoms with E-state index in [1.165, 1.54) is 39.5 Å². The van der Waals surface area contributed by atoms with Gasteiger partial charge in [-0.2, -0.15) is 4.31 Å². The maximum absolute atomic E-state index is 13.1. The van der Waals surface area contributed by atoms with Gasteiger partial charge in [-0.15, -0.1) is 11.3 Å². The molecule has 0 aliphatic carbocycles. The lowest BCUT2D eigenvalue weighted by Crippen LogP contribution is -2.50. The van der Waals surface area contributed by atoms with Gasteiger partial charge < -0.3 is 10.2 Å². The number of carbonyl (C=O) groups excluding carboxylic acids is 2. The number of halogens is 1. The van der Waals surface area contributed by atoms with Crippen molar-refractivity contribution >= 4 is 50.5 Å². The van der Waals surface area contributed by atoms with E-state index in [-0.39, 0.29) is 54.4 Å². The normalized spacial score (nSPS) is 14.4. The number of piperazine rings is 1.